The SMILES string of the molecule is CN(C)c1ccc2[nH]c(C3(N)CCCC3)nc2n1. The predicted octanol–water partition coefficient (Wildman–Crippen LogP) is 1.75. The molecule has 0 spiro atoms. The van der Waals surface area contributed by atoms with E-state index in [1.165, 1.54) is 12.8 Å². The maximum atomic E-state index is 6.41. The molecule has 18 heavy (non-hydrogen) atoms. The molecule has 0 aliphatic heterocycles. The highest BCUT2D eigenvalue weighted by Gasteiger charge is 2.34. The Morgan fingerprint density at radius 1 is 1.22 bits per heavy atom. The highest BCUT2D eigenvalue weighted by Crippen LogP contribution is 2.35. The summed E-state index contributed by atoms with van der Waals surface area (Å²) in [6, 6.07) is 4.01. The number of aromatic amines is 1. The van der Waals surface area contributed by atoms with Crippen molar-refractivity contribution >= 4 is 17.0 Å². The predicted molar refractivity (Wildman–Crippen MR) is 72.5 cm³/mol. The van der Waals surface area contributed by atoms with Crippen LogP contribution in [0.15, 0.2) is 12.1 Å². The van der Waals surface area contributed by atoms with E-state index in [1.54, 1.807) is 0 Å². The lowest BCUT2D eigenvalue weighted by Gasteiger charge is -2.19. The largest absolute Gasteiger partial charge is 0.363 e. The maximum absolute atomic E-state index is 6.41. The van der Waals surface area contributed by atoms with Gasteiger partial charge in [-0.25, -0.2) is 9.97 Å². The quantitative estimate of drug-likeness (QED) is 0.845. The summed E-state index contributed by atoms with van der Waals surface area (Å²) < 4.78 is 0. The Balaban J connectivity index is 2.05. The molecule has 5 heteroatoms. The lowest BCUT2D eigenvalue weighted by Crippen LogP contribution is -2.34. The number of anilines is 1. The van der Waals surface area contributed by atoms with Gasteiger partial charge in [0.15, 0.2) is 5.65 Å². The van der Waals surface area contributed by atoms with Crippen LogP contribution in [0.3, 0.4) is 0 Å². The average molecular weight is 245 g/mol. The summed E-state index contributed by atoms with van der Waals surface area (Å²) >= 11 is 0. The number of imidazole rings is 1. The minimum atomic E-state index is -0.279. The number of nitrogens with two attached hydrogens (primary N) is 1. The molecule has 0 atom stereocenters. The van der Waals surface area contributed by atoms with Gasteiger partial charge in [-0.3, -0.25) is 0 Å². The summed E-state index contributed by atoms with van der Waals surface area (Å²) in [5.41, 5.74) is 7.85. The highest BCUT2D eigenvalue weighted by molar-refractivity contribution is 5.73. The van der Waals surface area contributed by atoms with Crippen molar-refractivity contribution in [3.05, 3.63) is 18.0 Å². The van der Waals surface area contributed by atoms with Crippen molar-refractivity contribution in [3.63, 3.8) is 0 Å². The molecule has 2 heterocycles. The van der Waals surface area contributed by atoms with Gasteiger partial charge in [-0.2, -0.15) is 0 Å². The van der Waals surface area contributed by atoms with Gasteiger partial charge in [0, 0.05) is 14.1 Å². The maximum Gasteiger partial charge on any atom is 0.179 e. The van der Waals surface area contributed by atoms with Crippen LogP contribution in [-0.2, 0) is 5.54 Å². The summed E-state index contributed by atoms with van der Waals surface area (Å²) in [6.45, 7) is 0. The third kappa shape index (κ3) is 1.75. The van der Waals surface area contributed by atoms with Gasteiger partial charge in [-0.1, -0.05) is 12.8 Å². The fourth-order valence-corrected chi connectivity index (χ4v) is 2.61. The van der Waals surface area contributed by atoms with E-state index in [-0.39, 0.29) is 5.54 Å². The Labute approximate surface area is 106 Å². The van der Waals surface area contributed by atoms with Crippen LogP contribution in [0.4, 0.5) is 5.82 Å². The van der Waals surface area contributed by atoms with E-state index in [2.05, 4.69) is 15.0 Å². The number of fused-ring (bicyclic) bond motifs is 1. The highest BCUT2D eigenvalue weighted by atomic mass is 15.2. The minimum absolute atomic E-state index is 0.279. The van der Waals surface area contributed by atoms with Gasteiger partial charge >= 0.3 is 0 Å². The van der Waals surface area contributed by atoms with Crippen LogP contribution in [0.2, 0.25) is 0 Å². The molecule has 2 aromatic heterocycles. The lowest BCUT2D eigenvalue weighted by atomic mass is 9.99. The van der Waals surface area contributed by atoms with Gasteiger partial charge < -0.3 is 15.6 Å². The van der Waals surface area contributed by atoms with E-state index in [9.17, 15) is 0 Å². The van der Waals surface area contributed by atoms with Crippen LogP contribution in [0.1, 0.15) is 31.5 Å². The molecular weight excluding hydrogens is 226 g/mol. The van der Waals surface area contributed by atoms with Crippen molar-refractivity contribution in [2.75, 3.05) is 19.0 Å². The molecule has 3 rings (SSSR count). The van der Waals surface area contributed by atoms with Gasteiger partial charge in [-0.05, 0) is 25.0 Å². The second kappa shape index (κ2) is 3.95. The van der Waals surface area contributed by atoms with Crippen molar-refractivity contribution in [3.8, 4) is 0 Å². The van der Waals surface area contributed by atoms with Crippen LogP contribution in [0, 0.1) is 0 Å². The van der Waals surface area contributed by atoms with E-state index in [0.29, 0.717) is 0 Å². The molecule has 3 N–H and O–H groups in total. The minimum Gasteiger partial charge on any atom is -0.363 e. The number of H-pyrrole nitrogens is 1. The first-order chi connectivity index (χ1) is 8.58. The molecule has 0 unspecified atom stereocenters. The van der Waals surface area contributed by atoms with Gasteiger partial charge in [0.1, 0.15) is 11.6 Å². The van der Waals surface area contributed by atoms with Crippen molar-refractivity contribution in [2.24, 2.45) is 5.73 Å². The molecule has 96 valence electrons. The van der Waals surface area contributed by atoms with Crippen molar-refractivity contribution in [1.82, 2.24) is 15.0 Å². The first-order valence-electron chi connectivity index (χ1n) is 6.42. The molecule has 0 aromatic carbocycles. The van der Waals surface area contributed by atoms with E-state index in [1.807, 2.05) is 31.1 Å². The number of rotatable bonds is 2. The first kappa shape index (κ1) is 11.5. The fraction of sp³-hybridized carbons (Fsp3) is 0.538. The molecule has 1 saturated carbocycles. The standard InChI is InChI=1S/C13H19N5/c1-18(2)10-6-5-9-11(16-10)17-12(15-9)13(14)7-3-4-8-13/h5-6H,3-4,7-8,14H2,1-2H3,(H,15,16,17). The Morgan fingerprint density at radius 3 is 2.61 bits per heavy atom. The number of pyridine rings is 1. The third-order valence-corrected chi connectivity index (χ3v) is 3.76. The Kier molecular flexibility index (Phi) is 2.52. The van der Waals surface area contributed by atoms with E-state index < -0.39 is 0 Å². The molecule has 0 bridgehead atoms. The van der Waals surface area contributed by atoms with Crippen molar-refractivity contribution in [1.29, 1.82) is 0 Å². The zero-order valence-corrected chi connectivity index (χ0v) is 10.9. The Morgan fingerprint density at radius 2 is 1.94 bits per heavy atom. The molecule has 0 saturated heterocycles. The summed E-state index contributed by atoms with van der Waals surface area (Å²) in [5.74, 6) is 1.80. The molecule has 1 aliphatic carbocycles. The molecule has 0 amide bonds. The number of hydrogen-bond acceptors (Lipinski definition) is 4. The summed E-state index contributed by atoms with van der Waals surface area (Å²) in [5, 5.41) is 0. The van der Waals surface area contributed by atoms with Crippen LogP contribution in [-0.4, -0.2) is 29.0 Å². The summed E-state index contributed by atoms with van der Waals surface area (Å²) in [6.07, 6.45) is 4.38. The summed E-state index contributed by atoms with van der Waals surface area (Å²) in [7, 11) is 3.95. The van der Waals surface area contributed by atoms with E-state index in [0.717, 1.165) is 35.6 Å². The van der Waals surface area contributed by atoms with Crippen molar-refractivity contribution in [2.45, 2.75) is 31.2 Å². The number of nitrogens with zero attached hydrogens (tertiary/aromatic N) is 3. The lowest BCUT2D eigenvalue weighted by molar-refractivity contribution is 0.437. The van der Waals surface area contributed by atoms with Gasteiger partial charge in [0.2, 0.25) is 0 Å². The molecule has 1 fully saturated rings. The number of aromatic nitrogens is 3. The zero-order valence-electron chi connectivity index (χ0n) is 10.9. The van der Waals surface area contributed by atoms with Gasteiger partial charge in [-0.15, -0.1) is 0 Å². The second-order valence-electron chi connectivity index (χ2n) is 5.38. The molecule has 2 aromatic rings. The molecule has 5 nitrogen and oxygen atoms in total. The number of nitrogens with one attached hydrogen (secondary N) is 1. The van der Waals surface area contributed by atoms with Gasteiger partial charge in [0.25, 0.3) is 0 Å². The average Bonchev–Trinajstić information content (AvgIpc) is 2.94. The van der Waals surface area contributed by atoms with Crippen LogP contribution >= 0.6 is 0 Å². The molecule has 1 aliphatic rings. The monoisotopic (exact) mass is 245 g/mol. The van der Waals surface area contributed by atoms with E-state index in [4.69, 9.17) is 5.73 Å². The molecular formula is C13H19N5. The fourth-order valence-electron chi connectivity index (χ4n) is 2.61. The van der Waals surface area contributed by atoms with Crippen LogP contribution < -0.4 is 10.6 Å². The second-order valence-corrected chi connectivity index (χ2v) is 5.38. The smallest absolute Gasteiger partial charge is 0.179 e. The van der Waals surface area contributed by atoms with Crippen LogP contribution in [0.25, 0.3) is 11.2 Å². The Hall–Kier alpha value is -1.62. The first-order valence-corrected chi connectivity index (χ1v) is 6.42. The van der Waals surface area contributed by atoms with Crippen molar-refractivity contribution < 1.29 is 0 Å². The third-order valence-electron chi connectivity index (χ3n) is 3.76. The topological polar surface area (TPSA) is 70.8 Å². The molecule has 0 radical (unpaired) electrons. The van der Waals surface area contributed by atoms with E-state index >= 15 is 0 Å². The number of hydrogen-bond donors (Lipinski definition) is 2. The Bertz CT molecular complexity index is 566. The normalized spacial score (nSPS) is 18.4. The summed E-state index contributed by atoms with van der Waals surface area (Å²) in [4.78, 5) is 14.4. The van der Waals surface area contributed by atoms with Crippen LogP contribution in [0.5, 0.6) is 0 Å². The van der Waals surface area contributed by atoms with Gasteiger partial charge in [0.05, 0.1) is 11.1 Å². The zero-order chi connectivity index (χ0) is 12.8.